The van der Waals surface area contributed by atoms with Crippen molar-refractivity contribution in [2.24, 2.45) is 0 Å². The third-order valence-corrected chi connectivity index (χ3v) is 1.94. The first kappa shape index (κ1) is 6.43. The summed E-state index contributed by atoms with van der Waals surface area (Å²) in [5.41, 5.74) is 5.58. The Kier molecular flexibility index (Phi) is 1.84. The van der Waals surface area contributed by atoms with Crippen molar-refractivity contribution in [3.63, 3.8) is 0 Å². The summed E-state index contributed by atoms with van der Waals surface area (Å²) in [6, 6.07) is 5.28. The molecule has 0 fully saturated rings. The van der Waals surface area contributed by atoms with Crippen molar-refractivity contribution in [2.75, 3.05) is 12.8 Å². The van der Waals surface area contributed by atoms with E-state index in [0.717, 1.165) is 0 Å². The molecule has 0 aromatic heterocycles. The second-order valence-corrected chi connectivity index (χ2v) is 3.02. The minimum Gasteiger partial charge on any atom is -0.497 e. The number of hydrogen-bond acceptors (Lipinski definition) is 3. The molecule has 3 nitrogen and oxygen atoms in total. The van der Waals surface area contributed by atoms with Crippen LogP contribution in [-0.4, -0.2) is 7.11 Å². The molecule has 3 heteroatoms. The van der Waals surface area contributed by atoms with E-state index >= 15 is 0 Å². The van der Waals surface area contributed by atoms with E-state index in [1.807, 2.05) is 0 Å². The molecule has 2 aromatic rings. The van der Waals surface area contributed by atoms with Crippen LogP contribution in [0.25, 0.3) is 0 Å². The van der Waals surface area contributed by atoms with Crippen molar-refractivity contribution >= 4 is 5.69 Å². The largest absolute Gasteiger partial charge is 0.497 e. The van der Waals surface area contributed by atoms with Crippen molar-refractivity contribution in [3.05, 3.63) is 48.4 Å². The van der Waals surface area contributed by atoms with Crippen molar-refractivity contribution in [3.8, 4) is 17.2 Å². The molecule has 2 rings (SSSR count). The molecule has 2 aromatic carbocycles. The van der Waals surface area contributed by atoms with Crippen LogP contribution in [-0.2, 0) is 0 Å². The fourth-order valence-corrected chi connectivity index (χ4v) is 1.17. The monoisotopic (exact) mass is 219 g/mol. The first-order valence-corrected chi connectivity index (χ1v) is 4.63. The Morgan fingerprint density at radius 2 is 1.94 bits per heavy atom. The van der Waals surface area contributed by atoms with Crippen molar-refractivity contribution in [1.82, 2.24) is 0 Å². The summed E-state index contributed by atoms with van der Waals surface area (Å²) in [6.07, 6.45) is 0. The maximum Gasteiger partial charge on any atom is 0.150 e. The molecule has 0 saturated heterocycles. The van der Waals surface area contributed by atoms with E-state index in [-0.39, 0.29) is 35.6 Å². The lowest BCUT2D eigenvalue weighted by Crippen LogP contribution is -1.91. The number of hydrogen-bond donors (Lipinski definition) is 1. The molecule has 0 saturated carbocycles. The molecule has 0 heterocycles. The zero-order valence-corrected chi connectivity index (χ0v) is 8.70. The van der Waals surface area contributed by atoms with E-state index in [0.29, 0.717) is 11.5 Å². The molecule has 0 unspecified atom stereocenters. The molecule has 0 spiro atoms. The highest BCUT2D eigenvalue weighted by Gasteiger charge is 2.01. The van der Waals surface area contributed by atoms with Gasteiger partial charge in [0.1, 0.15) is 17.2 Å². The molecule has 0 atom stereocenters. The second-order valence-electron chi connectivity index (χ2n) is 3.02. The number of nitrogens with two attached hydrogens (primary N) is 1. The van der Waals surface area contributed by atoms with Gasteiger partial charge in [-0.05, 0) is 24.2 Å². The summed E-state index contributed by atoms with van der Waals surface area (Å²) in [5, 5.41) is 0. The molecule has 0 aliphatic rings. The Bertz CT molecular complexity index is 632. The summed E-state index contributed by atoms with van der Waals surface area (Å²) in [6.45, 7) is 0. The number of anilines is 1. The zero-order valence-electron chi connectivity index (χ0n) is 12.7. The van der Waals surface area contributed by atoms with E-state index in [1.165, 1.54) is 7.11 Å². The third kappa shape index (κ3) is 2.25. The summed E-state index contributed by atoms with van der Waals surface area (Å²) in [5.74, 6) is 0.854. The lowest BCUT2D eigenvalue weighted by Gasteiger charge is -2.08. The van der Waals surface area contributed by atoms with E-state index in [1.54, 1.807) is 24.3 Å². The van der Waals surface area contributed by atoms with Crippen LogP contribution in [0, 0.1) is 0 Å². The highest BCUT2D eigenvalue weighted by Crippen LogP contribution is 2.28. The molecule has 0 radical (unpaired) electrons. The van der Waals surface area contributed by atoms with Crippen LogP contribution in [0.3, 0.4) is 0 Å². The first-order chi connectivity index (χ1) is 9.45. The molecule has 2 N–H and O–H groups in total. The third-order valence-electron chi connectivity index (χ3n) is 1.94. The summed E-state index contributed by atoms with van der Waals surface area (Å²) < 4.78 is 41.1. The van der Waals surface area contributed by atoms with Crippen LogP contribution < -0.4 is 15.2 Å². The number of methoxy groups -OCH3 is 1. The normalized spacial score (nSPS) is 13.3. The van der Waals surface area contributed by atoms with Crippen LogP contribution in [0.5, 0.6) is 17.2 Å². The van der Waals surface area contributed by atoms with Gasteiger partial charge in [-0.1, -0.05) is 18.2 Å². The Morgan fingerprint density at radius 1 is 1.19 bits per heavy atom. The van der Waals surface area contributed by atoms with Gasteiger partial charge in [0, 0.05) is 6.07 Å². The number of ether oxygens (including phenoxy) is 2. The smallest absolute Gasteiger partial charge is 0.150 e. The first-order valence-electron chi connectivity index (χ1n) is 6.63. The zero-order chi connectivity index (χ0) is 14.9. The average molecular weight is 219 g/mol. The standard InChI is InChI=1S/C13H13NO2/c1-15-10-5-4-6-11(9-10)16-13-8-3-2-7-12(13)14/h2-9H,14H2,1H3/i2D,3D,7D,8D. The van der Waals surface area contributed by atoms with Gasteiger partial charge >= 0.3 is 0 Å². The fourth-order valence-electron chi connectivity index (χ4n) is 1.17. The van der Waals surface area contributed by atoms with E-state index in [4.69, 9.17) is 20.7 Å². The molecule has 0 aliphatic heterocycles. The van der Waals surface area contributed by atoms with Gasteiger partial charge in [-0.3, -0.25) is 0 Å². The van der Waals surface area contributed by atoms with Gasteiger partial charge < -0.3 is 15.2 Å². The molecule has 0 amide bonds. The van der Waals surface area contributed by atoms with Crippen LogP contribution in [0.1, 0.15) is 5.48 Å². The number of benzene rings is 2. The molecule has 0 aliphatic carbocycles. The maximum absolute atomic E-state index is 7.79. The minimum atomic E-state index is -0.387. The quantitative estimate of drug-likeness (QED) is 0.807. The molecule has 16 heavy (non-hydrogen) atoms. The molecular formula is C13H13NO2. The fraction of sp³-hybridized carbons (Fsp3) is 0.0769. The molecular weight excluding hydrogens is 202 g/mol. The Morgan fingerprint density at radius 3 is 2.75 bits per heavy atom. The Hall–Kier alpha value is -2.16. The van der Waals surface area contributed by atoms with E-state index in [2.05, 4.69) is 0 Å². The Balaban J connectivity index is 2.48. The minimum absolute atomic E-state index is 0.0933. The highest BCUT2D eigenvalue weighted by atomic mass is 16.5. The maximum atomic E-state index is 7.79. The second kappa shape index (κ2) is 4.57. The summed E-state index contributed by atoms with van der Waals surface area (Å²) in [7, 11) is 1.52. The highest BCUT2D eigenvalue weighted by molar-refractivity contribution is 5.53. The predicted molar refractivity (Wildman–Crippen MR) is 63.9 cm³/mol. The van der Waals surface area contributed by atoms with E-state index in [9.17, 15) is 0 Å². The van der Waals surface area contributed by atoms with Gasteiger partial charge in [-0.25, -0.2) is 0 Å². The predicted octanol–water partition coefficient (Wildman–Crippen LogP) is 3.07. The molecule has 0 bridgehead atoms. The van der Waals surface area contributed by atoms with Gasteiger partial charge in [0.2, 0.25) is 0 Å². The lowest BCUT2D eigenvalue weighted by molar-refractivity contribution is 0.409. The van der Waals surface area contributed by atoms with Crippen LogP contribution in [0.15, 0.2) is 48.4 Å². The number of rotatable bonds is 3. The van der Waals surface area contributed by atoms with Crippen molar-refractivity contribution in [1.29, 1.82) is 0 Å². The molecule has 82 valence electrons. The summed E-state index contributed by atoms with van der Waals surface area (Å²) in [4.78, 5) is 0. The van der Waals surface area contributed by atoms with Crippen LogP contribution >= 0.6 is 0 Å². The number of para-hydroxylation sites is 2. The van der Waals surface area contributed by atoms with Gasteiger partial charge in [0.25, 0.3) is 0 Å². The topological polar surface area (TPSA) is 44.5 Å². The summed E-state index contributed by atoms with van der Waals surface area (Å²) >= 11 is 0. The van der Waals surface area contributed by atoms with Gasteiger partial charge in [0.05, 0.1) is 18.3 Å². The van der Waals surface area contributed by atoms with Gasteiger partial charge in [-0.2, -0.15) is 0 Å². The SMILES string of the molecule is [2H]c1c([2H])c([2H])c(Oc2cccc(OC)c2)c(N)c1[2H]. The van der Waals surface area contributed by atoms with E-state index < -0.39 is 0 Å². The van der Waals surface area contributed by atoms with Crippen LogP contribution in [0.4, 0.5) is 5.69 Å². The van der Waals surface area contributed by atoms with Crippen LogP contribution in [0.2, 0.25) is 0 Å². The van der Waals surface area contributed by atoms with Crippen molar-refractivity contribution in [2.45, 2.75) is 0 Å². The van der Waals surface area contributed by atoms with Crippen molar-refractivity contribution < 1.29 is 15.0 Å². The average Bonchev–Trinajstić information content (AvgIpc) is 2.48. The Labute approximate surface area is 100 Å². The lowest BCUT2D eigenvalue weighted by atomic mass is 10.3. The van der Waals surface area contributed by atoms with Gasteiger partial charge in [-0.15, -0.1) is 0 Å². The number of nitrogen functional groups attached to an aromatic ring is 1. The van der Waals surface area contributed by atoms with Gasteiger partial charge in [0.15, 0.2) is 0 Å².